The summed E-state index contributed by atoms with van der Waals surface area (Å²) in [5.74, 6) is 0.132. The van der Waals surface area contributed by atoms with Crippen molar-refractivity contribution in [2.75, 3.05) is 6.54 Å². The Morgan fingerprint density at radius 3 is 2.39 bits per heavy atom. The monoisotopic (exact) mass is 253 g/mol. The number of carbonyl (C=O) groups excluding carboxylic acids is 1. The first-order valence-electron chi connectivity index (χ1n) is 7.27. The summed E-state index contributed by atoms with van der Waals surface area (Å²) in [5, 5.41) is 3.04. The molecule has 4 nitrogen and oxygen atoms in total. The minimum atomic E-state index is -0.127. The van der Waals surface area contributed by atoms with Gasteiger partial charge in [-0.15, -0.1) is 0 Å². The minimum Gasteiger partial charge on any atom is -0.353 e. The highest BCUT2D eigenvalue weighted by Crippen LogP contribution is 2.29. The van der Waals surface area contributed by atoms with Crippen molar-refractivity contribution in [2.24, 2.45) is 5.73 Å². The highest BCUT2D eigenvalue weighted by molar-refractivity contribution is 5.81. The van der Waals surface area contributed by atoms with Gasteiger partial charge in [0.25, 0.3) is 0 Å². The Labute approximate surface area is 110 Å². The summed E-state index contributed by atoms with van der Waals surface area (Å²) < 4.78 is 0. The zero-order chi connectivity index (χ0) is 13.3. The normalized spacial score (nSPS) is 32.9. The highest BCUT2D eigenvalue weighted by atomic mass is 16.2. The van der Waals surface area contributed by atoms with Crippen LogP contribution in [-0.4, -0.2) is 41.0 Å². The fourth-order valence-corrected chi connectivity index (χ4v) is 3.33. The van der Waals surface area contributed by atoms with Crippen molar-refractivity contribution in [3.8, 4) is 0 Å². The molecule has 2 fully saturated rings. The van der Waals surface area contributed by atoms with Crippen LogP contribution in [0.4, 0.5) is 0 Å². The number of nitrogens with one attached hydrogen (secondary N) is 1. The van der Waals surface area contributed by atoms with Crippen molar-refractivity contribution in [2.45, 2.75) is 76.5 Å². The zero-order valence-electron chi connectivity index (χ0n) is 11.9. The van der Waals surface area contributed by atoms with Gasteiger partial charge in [-0.25, -0.2) is 0 Å². The lowest BCUT2D eigenvalue weighted by Gasteiger charge is -2.39. The van der Waals surface area contributed by atoms with E-state index in [2.05, 4.69) is 24.1 Å². The molecule has 1 aliphatic heterocycles. The number of amides is 1. The number of hydrogen-bond donors (Lipinski definition) is 2. The van der Waals surface area contributed by atoms with Crippen LogP contribution >= 0.6 is 0 Å². The molecule has 2 aliphatic rings. The summed E-state index contributed by atoms with van der Waals surface area (Å²) in [6.07, 6.45) is 5.66. The Balaban J connectivity index is 1.84. The van der Waals surface area contributed by atoms with Crippen LogP contribution in [0.25, 0.3) is 0 Å². The topological polar surface area (TPSA) is 58.4 Å². The quantitative estimate of drug-likeness (QED) is 0.792. The number of likely N-dealkylation sites (tertiary alicyclic amines) is 1. The van der Waals surface area contributed by atoms with E-state index in [-0.39, 0.29) is 17.5 Å². The first-order chi connectivity index (χ1) is 8.43. The molecule has 18 heavy (non-hydrogen) atoms. The van der Waals surface area contributed by atoms with Crippen LogP contribution in [0.15, 0.2) is 0 Å². The van der Waals surface area contributed by atoms with E-state index in [1.54, 1.807) is 0 Å². The Bertz CT molecular complexity index is 304. The van der Waals surface area contributed by atoms with Gasteiger partial charge in [-0.1, -0.05) is 0 Å². The summed E-state index contributed by atoms with van der Waals surface area (Å²) in [7, 11) is 0. The Morgan fingerprint density at radius 1 is 1.39 bits per heavy atom. The van der Waals surface area contributed by atoms with Gasteiger partial charge in [0, 0.05) is 24.2 Å². The Morgan fingerprint density at radius 2 is 1.94 bits per heavy atom. The van der Waals surface area contributed by atoms with Gasteiger partial charge in [0.2, 0.25) is 5.91 Å². The maximum atomic E-state index is 12.2. The van der Waals surface area contributed by atoms with Crippen LogP contribution in [0.2, 0.25) is 0 Å². The molecule has 1 aliphatic carbocycles. The van der Waals surface area contributed by atoms with Gasteiger partial charge in [-0.05, 0) is 52.9 Å². The first-order valence-corrected chi connectivity index (χ1v) is 7.27. The third-order valence-electron chi connectivity index (χ3n) is 4.81. The van der Waals surface area contributed by atoms with Crippen LogP contribution in [0.3, 0.4) is 0 Å². The predicted molar refractivity (Wildman–Crippen MR) is 73.2 cm³/mol. The van der Waals surface area contributed by atoms with E-state index in [1.807, 2.05) is 6.92 Å². The van der Waals surface area contributed by atoms with Gasteiger partial charge in [-0.3, -0.25) is 9.69 Å². The molecule has 2 rings (SSSR count). The molecule has 3 N–H and O–H groups in total. The number of nitrogens with two attached hydrogens (primary N) is 1. The van der Waals surface area contributed by atoms with Gasteiger partial charge >= 0.3 is 0 Å². The molecule has 1 amide bonds. The molecule has 0 aromatic rings. The molecule has 104 valence electrons. The Kier molecular flexibility index (Phi) is 3.97. The van der Waals surface area contributed by atoms with Crippen molar-refractivity contribution in [1.29, 1.82) is 0 Å². The lowest BCUT2D eigenvalue weighted by molar-refractivity contribution is -0.127. The number of hydrogen-bond acceptors (Lipinski definition) is 3. The van der Waals surface area contributed by atoms with E-state index in [1.165, 1.54) is 19.3 Å². The predicted octanol–water partition coefficient (Wildman–Crippen LogP) is 1.25. The van der Waals surface area contributed by atoms with E-state index in [9.17, 15) is 4.79 Å². The fraction of sp³-hybridized carbons (Fsp3) is 0.929. The SMILES string of the molecule is CC1CCC(C)N1C(C)C(=O)NCC1(N)CCC1. The van der Waals surface area contributed by atoms with E-state index in [0.717, 1.165) is 12.8 Å². The number of rotatable bonds is 4. The first kappa shape index (κ1) is 13.8. The lowest BCUT2D eigenvalue weighted by atomic mass is 9.78. The molecular formula is C14H27N3O. The van der Waals surface area contributed by atoms with E-state index >= 15 is 0 Å². The molecule has 1 saturated heterocycles. The summed E-state index contributed by atoms with van der Waals surface area (Å²) in [6, 6.07) is 0.980. The largest absolute Gasteiger partial charge is 0.353 e. The third kappa shape index (κ3) is 2.69. The van der Waals surface area contributed by atoms with Crippen LogP contribution in [0, 0.1) is 0 Å². The third-order valence-corrected chi connectivity index (χ3v) is 4.81. The van der Waals surface area contributed by atoms with Crippen molar-refractivity contribution < 1.29 is 4.79 Å². The summed E-state index contributed by atoms with van der Waals surface area (Å²) in [6.45, 7) is 7.07. The molecule has 4 heteroatoms. The highest BCUT2D eigenvalue weighted by Gasteiger charge is 2.36. The second-order valence-electron chi connectivity index (χ2n) is 6.33. The molecule has 0 bridgehead atoms. The second kappa shape index (κ2) is 5.17. The Hall–Kier alpha value is -0.610. The standard InChI is InChI=1S/C14H27N3O/c1-10-5-6-11(2)17(10)12(3)13(18)16-9-14(15)7-4-8-14/h10-12H,4-9,15H2,1-3H3,(H,16,18). The number of carbonyl (C=O) groups is 1. The average Bonchev–Trinajstić information content (AvgIpc) is 2.62. The van der Waals surface area contributed by atoms with Crippen molar-refractivity contribution >= 4 is 5.91 Å². The molecule has 0 radical (unpaired) electrons. The maximum absolute atomic E-state index is 12.2. The van der Waals surface area contributed by atoms with Crippen LogP contribution in [0.1, 0.15) is 52.9 Å². The van der Waals surface area contributed by atoms with Crippen LogP contribution in [0.5, 0.6) is 0 Å². The van der Waals surface area contributed by atoms with Crippen molar-refractivity contribution in [3.63, 3.8) is 0 Å². The van der Waals surface area contributed by atoms with E-state index in [4.69, 9.17) is 5.73 Å². The molecule has 1 heterocycles. The van der Waals surface area contributed by atoms with Gasteiger partial charge < -0.3 is 11.1 Å². The van der Waals surface area contributed by atoms with Crippen LogP contribution < -0.4 is 11.1 Å². The maximum Gasteiger partial charge on any atom is 0.237 e. The lowest BCUT2D eigenvalue weighted by Crippen LogP contribution is -2.57. The molecule has 0 aromatic heterocycles. The second-order valence-corrected chi connectivity index (χ2v) is 6.33. The van der Waals surface area contributed by atoms with Crippen molar-refractivity contribution in [1.82, 2.24) is 10.2 Å². The van der Waals surface area contributed by atoms with Gasteiger partial charge in [-0.2, -0.15) is 0 Å². The fourth-order valence-electron chi connectivity index (χ4n) is 3.33. The molecule has 1 saturated carbocycles. The van der Waals surface area contributed by atoms with E-state index < -0.39 is 0 Å². The molecule has 3 unspecified atom stereocenters. The van der Waals surface area contributed by atoms with Gasteiger partial charge in [0.1, 0.15) is 0 Å². The van der Waals surface area contributed by atoms with E-state index in [0.29, 0.717) is 18.6 Å². The molecular weight excluding hydrogens is 226 g/mol. The van der Waals surface area contributed by atoms with Crippen molar-refractivity contribution in [3.05, 3.63) is 0 Å². The summed E-state index contributed by atoms with van der Waals surface area (Å²) in [5.41, 5.74) is 6.00. The summed E-state index contributed by atoms with van der Waals surface area (Å²) >= 11 is 0. The molecule has 3 atom stereocenters. The van der Waals surface area contributed by atoms with Gasteiger partial charge in [0.15, 0.2) is 0 Å². The number of nitrogens with zero attached hydrogens (tertiary/aromatic N) is 1. The minimum absolute atomic E-state index is 0.0406. The average molecular weight is 253 g/mol. The van der Waals surface area contributed by atoms with Gasteiger partial charge in [0.05, 0.1) is 6.04 Å². The smallest absolute Gasteiger partial charge is 0.237 e. The summed E-state index contributed by atoms with van der Waals surface area (Å²) in [4.78, 5) is 14.5. The molecule has 0 aromatic carbocycles. The van der Waals surface area contributed by atoms with Crippen LogP contribution in [-0.2, 0) is 4.79 Å². The zero-order valence-corrected chi connectivity index (χ0v) is 11.9. The molecule has 0 spiro atoms.